The second-order valence-corrected chi connectivity index (χ2v) is 5.68. The number of rotatable bonds is 6. The number of aliphatic imine (C=N–C) groups is 1. The molecule has 6 N–H and O–H groups in total. The molecule has 0 radical (unpaired) electrons. The molecule has 0 aliphatic carbocycles. The summed E-state index contributed by atoms with van der Waals surface area (Å²) in [5, 5.41) is 9.32. The van der Waals surface area contributed by atoms with Crippen LogP contribution in [-0.2, 0) is 6.61 Å². The van der Waals surface area contributed by atoms with Crippen LogP contribution in [-0.4, -0.2) is 15.9 Å². The van der Waals surface area contributed by atoms with Gasteiger partial charge in [-0.2, -0.15) is 0 Å². The average Bonchev–Trinajstić information content (AvgIpc) is 2.66. The van der Waals surface area contributed by atoms with Crippen molar-refractivity contribution >= 4 is 11.7 Å². The minimum Gasteiger partial charge on any atom is -0.392 e. The van der Waals surface area contributed by atoms with E-state index in [1.807, 2.05) is 24.3 Å². The van der Waals surface area contributed by atoms with Gasteiger partial charge in [0, 0.05) is 11.8 Å². The summed E-state index contributed by atoms with van der Waals surface area (Å²) in [5.74, 6) is 5.65. The predicted octanol–water partition coefficient (Wildman–Crippen LogP) is 2.98. The van der Waals surface area contributed by atoms with Gasteiger partial charge in [0.25, 0.3) is 0 Å². The number of aliphatic hydroxyl groups excluding tert-OH is 1. The molecule has 27 heavy (non-hydrogen) atoms. The van der Waals surface area contributed by atoms with Crippen molar-refractivity contribution in [2.45, 2.75) is 13.5 Å². The lowest BCUT2D eigenvalue weighted by molar-refractivity contribution is 0.282. The van der Waals surface area contributed by atoms with Crippen LogP contribution in [0.15, 0.2) is 77.9 Å². The van der Waals surface area contributed by atoms with E-state index >= 15 is 0 Å². The topological polar surface area (TPSA) is 110 Å². The fourth-order valence-electron chi connectivity index (χ4n) is 2.41. The molecule has 0 saturated carbocycles. The smallest absolute Gasteiger partial charge is 0.151 e. The van der Waals surface area contributed by atoms with Crippen molar-refractivity contribution < 1.29 is 9.50 Å². The molecule has 0 unspecified atom stereocenters. The van der Waals surface area contributed by atoms with Gasteiger partial charge in [-0.25, -0.2) is 20.2 Å². The standard InChI is InChI=1S/C20H22FN5O/c1-3-5-17(8-13(2)21)25-20(26-23)18-10-16(11-24-19(18)22)15-7-4-6-14(9-15)12-27/h3-11,27H,1,12,23H2,2H3,(H2,22,24)(H,25,26)/b13-8+,17-5+. The van der Waals surface area contributed by atoms with E-state index in [-0.39, 0.29) is 18.3 Å². The van der Waals surface area contributed by atoms with Crippen molar-refractivity contribution in [3.63, 3.8) is 0 Å². The molecular weight excluding hydrogens is 345 g/mol. The first-order valence-corrected chi connectivity index (χ1v) is 8.16. The van der Waals surface area contributed by atoms with E-state index in [1.54, 1.807) is 18.3 Å². The van der Waals surface area contributed by atoms with Crippen LogP contribution in [0.3, 0.4) is 0 Å². The lowest BCUT2D eigenvalue weighted by atomic mass is 10.0. The van der Waals surface area contributed by atoms with E-state index < -0.39 is 5.83 Å². The number of aromatic nitrogens is 1. The van der Waals surface area contributed by atoms with E-state index in [2.05, 4.69) is 22.0 Å². The molecule has 0 saturated heterocycles. The van der Waals surface area contributed by atoms with Crippen molar-refractivity contribution in [1.82, 2.24) is 10.4 Å². The number of nitrogens with zero attached hydrogens (tertiary/aromatic N) is 2. The number of hydrogen-bond donors (Lipinski definition) is 4. The molecule has 0 amide bonds. The van der Waals surface area contributed by atoms with Gasteiger partial charge >= 0.3 is 0 Å². The number of hydrogen-bond acceptors (Lipinski definition) is 5. The van der Waals surface area contributed by atoms with Crippen molar-refractivity contribution in [2.75, 3.05) is 5.73 Å². The maximum absolute atomic E-state index is 13.3. The second kappa shape index (κ2) is 9.42. The van der Waals surface area contributed by atoms with Crippen LogP contribution in [0.5, 0.6) is 0 Å². The first kappa shape index (κ1) is 20.0. The molecule has 2 aromatic rings. The van der Waals surface area contributed by atoms with Gasteiger partial charge in [0.05, 0.1) is 23.7 Å². The molecule has 1 heterocycles. The van der Waals surface area contributed by atoms with Gasteiger partial charge in [-0.1, -0.05) is 30.9 Å². The van der Waals surface area contributed by atoms with Crippen molar-refractivity contribution in [3.8, 4) is 11.1 Å². The number of amidine groups is 1. The number of benzene rings is 1. The number of nitrogens with two attached hydrogens (primary N) is 2. The minimum absolute atomic E-state index is 0.0647. The summed E-state index contributed by atoms with van der Waals surface area (Å²) in [6.07, 6.45) is 5.90. The largest absolute Gasteiger partial charge is 0.392 e. The molecule has 0 spiro atoms. The average molecular weight is 367 g/mol. The van der Waals surface area contributed by atoms with Crippen LogP contribution >= 0.6 is 0 Å². The van der Waals surface area contributed by atoms with Gasteiger partial charge in [0.2, 0.25) is 0 Å². The molecule has 140 valence electrons. The monoisotopic (exact) mass is 367 g/mol. The molecule has 0 aliphatic heterocycles. The first-order valence-electron chi connectivity index (χ1n) is 8.16. The highest BCUT2D eigenvalue weighted by Crippen LogP contribution is 2.23. The summed E-state index contributed by atoms with van der Waals surface area (Å²) in [7, 11) is 0. The van der Waals surface area contributed by atoms with Crippen LogP contribution in [0.2, 0.25) is 0 Å². The van der Waals surface area contributed by atoms with E-state index in [1.165, 1.54) is 19.1 Å². The summed E-state index contributed by atoms with van der Waals surface area (Å²) in [6.45, 7) is 4.84. The molecule has 0 bridgehead atoms. The number of allylic oxidation sites excluding steroid dienone is 4. The van der Waals surface area contributed by atoms with Gasteiger partial charge in [0.1, 0.15) is 5.82 Å². The van der Waals surface area contributed by atoms with Gasteiger partial charge in [0.15, 0.2) is 5.84 Å². The van der Waals surface area contributed by atoms with Gasteiger partial charge in [-0.15, -0.1) is 0 Å². The third kappa shape index (κ3) is 5.34. The van der Waals surface area contributed by atoms with Gasteiger partial charge < -0.3 is 16.3 Å². The van der Waals surface area contributed by atoms with Gasteiger partial charge in [-0.3, -0.25) is 0 Å². The Labute approximate surface area is 157 Å². The van der Waals surface area contributed by atoms with E-state index in [4.69, 9.17) is 11.6 Å². The zero-order valence-electron chi connectivity index (χ0n) is 15.0. The highest BCUT2D eigenvalue weighted by molar-refractivity contribution is 6.03. The SMILES string of the molecule is C=C/C=C(\C=C(/C)F)N=C(NN)c1cc(-c2cccc(CO)c2)cnc1N. The number of nitrogens with one attached hydrogen (secondary N) is 1. The van der Waals surface area contributed by atoms with Crippen molar-refractivity contribution in [1.29, 1.82) is 0 Å². The molecule has 7 heteroatoms. The lowest BCUT2D eigenvalue weighted by Crippen LogP contribution is -2.32. The third-order valence-electron chi connectivity index (χ3n) is 3.63. The van der Waals surface area contributed by atoms with Crippen LogP contribution in [0.1, 0.15) is 18.1 Å². The molecule has 6 nitrogen and oxygen atoms in total. The summed E-state index contributed by atoms with van der Waals surface area (Å²) in [5.41, 5.74) is 11.6. The predicted molar refractivity (Wildman–Crippen MR) is 107 cm³/mol. The molecular formula is C20H22FN5O. The Kier molecular flexibility index (Phi) is 6.99. The number of hydrazine groups is 1. The number of nitrogen functional groups attached to an aromatic ring is 1. The Balaban J connectivity index is 2.55. The van der Waals surface area contributed by atoms with Crippen LogP contribution in [0.4, 0.5) is 10.2 Å². The maximum Gasteiger partial charge on any atom is 0.151 e. The Hall–Kier alpha value is -3.29. The number of anilines is 1. The van der Waals surface area contributed by atoms with E-state index in [9.17, 15) is 9.50 Å². The Morgan fingerprint density at radius 3 is 2.78 bits per heavy atom. The Morgan fingerprint density at radius 1 is 1.37 bits per heavy atom. The zero-order valence-corrected chi connectivity index (χ0v) is 15.0. The Morgan fingerprint density at radius 2 is 2.15 bits per heavy atom. The van der Waals surface area contributed by atoms with Crippen molar-refractivity contribution in [3.05, 3.63) is 84.0 Å². The molecule has 0 fully saturated rings. The zero-order chi connectivity index (χ0) is 19.8. The second-order valence-electron chi connectivity index (χ2n) is 5.68. The highest BCUT2D eigenvalue weighted by atomic mass is 19.1. The lowest BCUT2D eigenvalue weighted by Gasteiger charge is -2.11. The minimum atomic E-state index is -0.413. The van der Waals surface area contributed by atoms with Crippen LogP contribution < -0.4 is 17.0 Å². The van der Waals surface area contributed by atoms with Gasteiger partial charge in [-0.05, 0) is 42.3 Å². The van der Waals surface area contributed by atoms with E-state index in [0.717, 1.165) is 16.7 Å². The van der Waals surface area contributed by atoms with Crippen LogP contribution in [0.25, 0.3) is 11.1 Å². The van der Waals surface area contributed by atoms with E-state index in [0.29, 0.717) is 11.3 Å². The fraction of sp³-hybridized carbons (Fsp3) is 0.100. The maximum atomic E-state index is 13.3. The first-order chi connectivity index (χ1) is 13.0. The number of halogens is 1. The molecule has 2 rings (SSSR count). The summed E-state index contributed by atoms with van der Waals surface area (Å²) in [4.78, 5) is 8.52. The molecule has 1 aromatic heterocycles. The Bertz CT molecular complexity index is 914. The summed E-state index contributed by atoms with van der Waals surface area (Å²) < 4.78 is 13.3. The summed E-state index contributed by atoms with van der Waals surface area (Å²) >= 11 is 0. The summed E-state index contributed by atoms with van der Waals surface area (Å²) in [6, 6.07) is 9.17. The normalized spacial score (nSPS) is 12.8. The van der Waals surface area contributed by atoms with Crippen molar-refractivity contribution in [2.24, 2.45) is 10.8 Å². The third-order valence-corrected chi connectivity index (χ3v) is 3.63. The van der Waals surface area contributed by atoms with Crippen LogP contribution in [0, 0.1) is 0 Å². The molecule has 0 atom stereocenters. The molecule has 1 aromatic carbocycles. The molecule has 0 aliphatic rings. The highest BCUT2D eigenvalue weighted by Gasteiger charge is 2.11. The quantitative estimate of drug-likeness (QED) is 0.206. The number of pyridine rings is 1. The number of aliphatic hydroxyl groups is 1. The fourth-order valence-corrected chi connectivity index (χ4v) is 2.41.